The summed E-state index contributed by atoms with van der Waals surface area (Å²) in [5.74, 6) is 0. The van der Waals surface area contributed by atoms with Crippen molar-refractivity contribution in [2.45, 2.75) is 6.92 Å². The van der Waals surface area contributed by atoms with Gasteiger partial charge in [-0.05, 0) is 13.0 Å². The van der Waals surface area contributed by atoms with Crippen molar-refractivity contribution in [3.05, 3.63) is 29.2 Å². The minimum atomic E-state index is 0.501. The molecule has 0 atom stereocenters. The van der Waals surface area contributed by atoms with Crippen molar-refractivity contribution < 1.29 is 0 Å². The van der Waals surface area contributed by atoms with Gasteiger partial charge in [0.25, 0.3) is 0 Å². The van der Waals surface area contributed by atoms with Gasteiger partial charge in [0.05, 0.1) is 6.20 Å². The van der Waals surface area contributed by atoms with Crippen molar-refractivity contribution in [2.24, 2.45) is 0 Å². The van der Waals surface area contributed by atoms with Gasteiger partial charge in [-0.3, -0.25) is 0 Å². The Bertz CT molecular complexity index is 393. The second kappa shape index (κ2) is 2.20. The smallest absolute Gasteiger partial charge is 0.159 e. The zero-order valence-corrected chi connectivity index (χ0v) is 6.71. The fraction of sp³-hybridized carbons (Fsp3) is 0.143. The molecule has 0 spiro atoms. The molecule has 3 nitrogen and oxygen atoms in total. The highest BCUT2D eigenvalue weighted by Crippen LogP contribution is 2.09. The van der Waals surface area contributed by atoms with Gasteiger partial charge in [0.1, 0.15) is 5.15 Å². The number of fused-ring (bicyclic) bond motifs is 1. The van der Waals surface area contributed by atoms with Gasteiger partial charge in [-0.1, -0.05) is 11.6 Å². The molecular formula is C7H6ClN3. The number of rotatable bonds is 0. The molecule has 0 aromatic carbocycles. The van der Waals surface area contributed by atoms with E-state index < -0.39 is 0 Å². The molecule has 0 unspecified atom stereocenters. The molecule has 0 N–H and O–H groups in total. The Labute approximate surface area is 68.6 Å². The Balaban J connectivity index is 2.87. The quantitative estimate of drug-likeness (QED) is 0.559. The van der Waals surface area contributed by atoms with E-state index in [1.165, 1.54) is 0 Å². The van der Waals surface area contributed by atoms with Gasteiger partial charge in [-0.15, -0.1) is 0 Å². The van der Waals surface area contributed by atoms with Gasteiger partial charge in [0.2, 0.25) is 0 Å². The molecule has 2 aromatic heterocycles. The van der Waals surface area contributed by atoms with E-state index in [4.69, 9.17) is 11.6 Å². The maximum Gasteiger partial charge on any atom is 0.159 e. The summed E-state index contributed by atoms with van der Waals surface area (Å²) in [5.41, 5.74) is 1.85. The van der Waals surface area contributed by atoms with Crippen LogP contribution >= 0.6 is 11.6 Å². The van der Waals surface area contributed by atoms with Crippen LogP contribution in [0.25, 0.3) is 5.65 Å². The van der Waals surface area contributed by atoms with Crippen LogP contribution in [-0.2, 0) is 0 Å². The van der Waals surface area contributed by atoms with Crippen molar-refractivity contribution >= 4 is 17.2 Å². The highest BCUT2D eigenvalue weighted by Gasteiger charge is 1.99. The van der Waals surface area contributed by atoms with E-state index in [2.05, 4.69) is 10.1 Å². The van der Waals surface area contributed by atoms with Crippen LogP contribution < -0.4 is 0 Å². The summed E-state index contributed by atoms with van der Waals surface area (Å²) >= 11 is 5.70. The number of hydrogen-bond donors (Lipinski definition) is 0. The summed E-state index contributed by atoms with van der Waals surface area (Å²) in [7, 11) is 0. The largest absolute Gasteiger partial charge is 0.222 e. The van der Waals surface area contributed by atoms with Gasteiger partial charge in [0, 0.05) is 11.8 Å². The molecule has 0 aliphatic carbocycles. The summed E-state index contributed by atoms with van der Waals surface area (Å²) < 4.78 is 1.70. The number of hydrogen-bond acceptors (Lipinski definition) is 2. The molecule has 2 aromatic rings. The first-order valence-electron chi connectivity index (χ1n) is 3.24. The van der Waals surface area contributed by atoms with Crippen molar-refractivity contribution in [3.63, 3.8) is 0 Å². The molecule has 2 rings (SSSR count). The summed E-state index contributed by atoms with van der Waals surface area (Å²) in [6, 6.07) is 1.71. The summed E-state index contributed by atoms with van der Waals surface area (Å²) in [6.07, 6.45) is 3.55. The molecule has 0 aliphatic rings. The average Bonchev–Trinajstić information content (AvgIpc) is 2.33. The number of aromatic nitrogens is 3. The lowest BCUT2D eigenvalue weighted by Gasteiger charge is -1.92. The Morgan fingerprint density at radius 3 is 3.18 bits per heavy atom. The lowest BCUT2D eigenvalue weighted by atomic mass is 10.4. The van der Waals surface area contributed by atoms with Crippen LogP contribution in [-0.4, -0.2) is 14.6 Å². The predicted octanol–water partition coefficient (Wildman–Crippen LogP) is 1.69. The Kier molecular flexibility index (Phi) is 1.32. The molecule has 4 heteroatoms. The lowest BCUT2D eigenvalue weighted by Crippen LogP contribution is -1.88. The summed E-state index contributed by atoms with van der Waals surface area (Å²) in [5, 5.41) is 4.56. The SMILES string of the molecule is Cc1cnn2ccc(Cl)nc12. The summed E-state index contributed by atoms with van der Waals surface area (Å²) in [4.78, 5) is 4.10. The lowest BCUT2D eigenvalue weighted by molar-refractivity contribution is 0.939. The zero-order valence-electron chi connectivity index (χ0n) is 5.95. The molecule has 11 heavy (non-hydrogen) atoms. The molecule has 0 saturated carbocycles. The number of aryl methyl sites for hydroxylation is 1. The molecule has 0 saturated heterocycles. The third-order valence-electron chi connectivity index (χ3n) is 1.51. The van der Waals surface area contributed by atoms with E-state index in [-0.39, 0.29) is 0 Å². The minimum absolute atomic E-state index is 0.501. The molecule has 0 fully saturated rings. The Morgan fingerprint density at radius 2 is 2.36 bits per heavy atom. The van der Waals surface area contributed by atoms with E-state index >= 15 is 0 Å². The van der Waals surface area contributed by atoms with E-state index in [1.807, 2.05) is 6.92 Å². The Morgan fingerprint density at radius 1 is 1.55 bits per heavy atom. The second-order valence-electron chi connectivity index (χ2n) is 2.35. The molecule has 56 valence electrons. The van der Waals surface area contributed by atoms with Crippen molar-refractivity contribution in [1.29, 1.82) is 0 Å². The second-order valence-corrected chi connectivity index (χ2v) is 2.73. The van der Waals surface area contributed by atoms with Crippen LogP contribution in [0.2, 0.25) is 5.15 Å². The monoisotopic (exact) mass is 167 g/mol. The first kappa shape index (κ1) is 6.61. The molecule has 0 amide bonds. The van der Waals surface area contributed by atoms with E-state index in [0.717, 1.165) is 11.2 Å². The molecule has 2 heterocycles. The average molecular weight is 168 g/mol. The van der Waals surface area contributed by atoms with Crippen LogP contribution in [0.1, 0.15) is 5.56 Å². The Hall–Kier alpha value is -1.09. The van der Waals surface area contributed by atoms with E-state index in [0.29, 0.717) is 5.15 Å². The highest BCUT2D eigenvalue weighted by molar-refractivity contribution is 6.29. The maximum atomic E-state index is 5.70. The first-order chi connectivity index (χ1) is 5.27. The number of halogens is 1. The summed E-state index contributed by atoms with van der Waals surface area (Å²) in [6.45, 7) is 1.95. The zero-order chi connectivity index (χ0) is 7.84. The van der Waals surface area contributed by atoms with Gasteiger partial charge in [-0.25, -0.2) is 9.50 Å². The third kappa shape index (κ3) is 0.973. The van der Waals surface area contributed by atoms with Crippen molar-refractivity contribution in [3.8, 4) is 0 Å². The van der Waals surface area contributed by atoms with Crippen LogP contribution in [0.5, 0.6) is 0 Å². The minimum Gasteiger partial charge on any atom is -0.222 e. The molecule has 0 bridgehead atoms. The standard InChI is InChI=1S/C7H6ClN3/c1-5-4-9-11-3-2-6(8)10-7(5)11/h2-4H,1H3. The number of nitrogens with zero attached hydrogens (tertiary/aromatic N) is 3. The highest BCUT2D eigenvalue weighted by atomic mass is 35.5. The van der Waals surface area contributed by atoms with Crippen molar-refractivity contribution in [2.75, 3.05) is 0 Å². The van der Waals surface area contributed by atoms with Gasteiger partial charge in [-0.2, -0.15) is 5.10 Å². The van der Waals surface area contributed by atoms with Crippen LogP contribution in [0.4, 0.5) is 0 Å². The fourth-order valence-corrected chi connectivity index (χ4v) is 1.10. The van der Waals surface area contributed by atoms with Gasteiger partial charge in [0.15, 0.2) is 5.65 Å². The molecule has 0 aliphatic heterocycles. The topological polar surface area (TPSA) is 30.2 Å². The van der Waals surface area contributed by atoms with Crippen molar-refractivity contribution in [1.82, 2.24) is 14.6 Å². The van der Waals surface area contributed by atoms with Gasteiger partial charge < -0.3 is 0 Å². The van der Waals surface area contributed by atoms with Crippen LogP contribution in [0.3, 0.4) is 0 Å². The predicted molar refractivity (Wildman–Crippen MR) is 42.7 cm³/mol. The van der Waals surface area contributed by atoms with E-state index in [9.17, 15) is 0 Å². The molecule has 0 radical (unpaired) electrons. The fourth-order valence-electron chi connectivity index (χ4n) is 0.961. The first-order valence-corrected chi connectivity index (χ1v) is 3.61. The maximum absolute atomic E-state index is 5.70. The van der Waals surface area contributed by atoms with Gasteiger partial charge >= 0.3 is 0 Å². The third-order valence-corrected chi connectivity index (χ3v) is 1.72. The van der Waals surface area contributed by atoms with Crippen LogP contribution in [0.15, 0.2) is 18.5 Å². The van der Waals surface area contributed by atoms with E-state index in [1.54, 1.807) is 23.0 Å². The molecular weight excluding hydrogens is 162 g/mol. The normalized spacial score (nSPS) is 10.7. The van der Waals surface area contributed by atoms with Crippen LogP contribution in [0, 0.1) is 6.92 Å².